The highest BCUT2D eigenvalue weighted by Crippen LogP contribution is 2.19. The zero-order valence-corrected chi connectivity index (χ0v) is 14.8. The van der Waals surface area contributed by atoms with E-state index in [9.17, 15) is 9.59 Å². The lowest BCUT2D eigenvalue weighted by molar-refractivity contribution is -0.141. The molecule has 7 heteroatoms. The molecule has 2 amide bonds. The molecule has 1 aromatic rings. The van der Waals surface area contributed by atoms with Gasteiger partial charge in [-0.1, -0.05) is 18.2 Å². The number of likely N-dealkylation sites (tertiary alicyclic amines) is 1. The fourth-order valence-corrected chi connectivity index (χ4v) is 2.74. The van der Waals surface area contributed by atoms with Crippen LogP contribution in [0.15, 0.2) is 30.3 Å². The van der Waals surface area contributed by atoms with Crippen molar-refractivity contribution < 1.29 is 14.3 Å². The predicted octanol–water partition coefficient (Wildman–Crippen LogP) is 1.19. The number of piperidine rings is 1. The Bertz CT molecular complexity index is 527. The van der Waals surface area contributed by atoms with Gasteiger partial charge in [0.25, 0.3) is 5.91 Å². The molecule has 1 heterocycles. The molecule has 134 valence electrons. The van der Waals surface area contributed by atoms with Gasteiger partial charge in [0, 0.05) is 26.2 Å². The van der Waals surface area contributed by atoms with E-state index in [1.54, 1.807) is 11.8 Å². The summed E-state index contributed by atoms with van der Waals surface area (Å²) in [5.41, 5.74) is 5.40. The summed E-state index contributed by atoms with van der Waals surface area (Å²) < 4.78 is 5.68. The summed E-state index contributed by atoms with van der Waals surface area (Å²) in [6.45, 7) is 3.74. The first kappa shape index (κ1) is 20.3. The monoisotopic (exact) mass is 355 g/mol. The molecule has 1 aromatic carbocycles. The van der Waals surface area contributed by atoms with Gasteiger partial charge in [0.2, 0.25) is 5.91 Å². The topological polar surface area (TPSA) is 84.7 Å². The Hall–Kier alpha value is -1.79. The number of nitrogens with two attached hydrogens (primary N) is 1. The number of hydrogen-bond donors (Lipinski definition) is 2. The average Bonchev–Trinajstić information content (AvgIpc) is 2.60. The van der Waals surface area contributed by atoms with Gasteiger partial charge in [0.15, 0.2) is 6.10 Å². The number of carbonyl (C=O) groups excluding carboxylic acids is 2. The normalized spacial score (nSPS) is 18.2. The molecule has 0 bridgehead atoms. The Balaban J connectivity index is 0.00000288. The molecule has 6 nitrogen and oxygen atoms in total. The molecule has 0 radical (unpaired) electrons. The third-order valence-electron chi connectivity index (χ3n) is 3.95. The number of ether oxygens (including phenoxy) is 1. The first-order valence-corrected chi connectivity index (χ1v) is 8.10. The van der Waals surface area contributed by atoms with Crippen molar-refractivity contribution in [2.45, 2.75) is 25.9 Å². The van der Waals surface area contributed by atoms with Crippen LogP contribution in [0.5, 0.6) is 5.75 Å². The van der Waals surface area contributed by atoms with E-state index in [-0.39, 0.29) is 30.1 Å². The Kier molecular flexibility index (Phi) is 8.57. The summed E-state index contributed by atoms with van der Waals surface area (Å²) in [7, 11) is 0. The average molecular weight is 356 g/mol. The number of rotatable bonds is 6. The molecule has 1 fully saturated rings. The molecular formula is C17H26ClN3O3. The van der Waals surface area contributed by atoms with Crippen LogP contribution in [0.4, 0.5) is 0 Å². The molecule has 1 saturated heterocycles. The third kappa shape index (κ3) is 5.69. The third-order valence-corrected chi connectivity index (χ3v) is 3.95. The van der Waals surface area contributed by atoms with Crippen LogP contribution < -0.4 is 15.8 Å². The first-order chi connectivity index (χ1) is 11.1. The molecule has 0 aromatic heterocycles. The van der Waals surface area contributed by atoms with Gasteiger partial charge in [-0.05, 0) is 31.9 Å². The van der Waals surface area contributed by atoms with E-state index in [1.807, 2.05) is 30.3 Å². The van der Waals surface area contributed by atoms with Gasteiger partial charge in [-0.15, -0.1) is 12.4 Å². The quantitative estimate of drug-likeness (QED) is 0.802. The van der Waals surface area contributed by atoms with Crippen molar-refractivity contribution in [3.8, 4) is 5.75 Å². The SMILES string of the molecule is CC(Oc1ccccc1)C(=O)N1CCCC(C(=O)NCCN)C1.Cl. The highest BCUT2D eigenvalue weighted by atomic mass is 35.5. The largest absolute Gasteiger partial charge is 0.481 e. The minimum atomic E-state index is -0.566. The summed E-state index contributed by atoms with van der Waals surface area (Å²) in [5.74, 6) is 0.403. The number of halogens is 1. The molecule has 0 saturated carbocycles. The standard InChI is InChI=1S/C17H25N3O3.ClH/c1-13(23-15-7-3-2-4-8-15)17(22)20-11-5-6-14(12-20)16(21)19-10-9-18;/h2-4,7-8,13-14H,5-6,9-12,18H2,1H3,(H,19,21);1H. The highest BCUT2D eigenvalue weighted by Gasteiger charge is 2.30. The van der Waals surface area contributed by atoms with Gasteiger partial charge in [0.05, 0.1) is 5.92 Å². The Morgan fingerprint density at radius 3 is 2.75 bits per heavy atom. The van der Waals surface area contributed by atoms with Crippen molar-refractivity contribution >= 4 is 24.2 Å². The molecule has 2 rings (SSSR count). The van der Waals surface area contributed by atoms with Crippen LogP contribution in [0.1, 0.15) is 19.8 Å². The van der Waals surface area contributed by atoms with E-state index in [0.717, 1.165) is 12.8 Å². The Labute approximate surface area is 149 Å². The van der Waals surface area contributed by atoms with Crippen LogP contribution in [-0.4, -0.2) is 49.0 Å². The molecule has 0 spiro atoms. The van der Waals surface area contributed by atoms with Crippen LogP contribution in [0.2, 0.25) is 0 Å². The van der Waals surface area contributed by atoms with E-state index in [1.165, 1.54) is 0 Å². The minimum absolute atomic E-state index is 0. The lowest BCUT2D eigenvalue weighted by Crippen LogP contribution is -2.49. The van der Waals surface area contributed by atoms with Gasteiger partial charge in [-0.2, -0.15) is 0 Å². The fraction of sp³-hybridized carbons (Fsp3) is 0.529. The summed E-state index contributed by atoms with van der Waals surface area (Å²) in [6.07, 6.45) is 1.06. The zero-order valence-electron chi connectivity index (χ0n) is 13.9. The minimum Gasteiger partial charge on any atom is -0.481 e. The van der Waals surface area contributed by atoms with Crippen molar-refractivity contribution in [2.24, 2.45) is 11.7 Å². The Morgan fingerprint density at radius 2 is 2.08 bits per heavy atom. The number of benzene rings is 1. The van der Waals surface area contributed by atoms with Gasteiger partial charge in [0.1, 0.15) is 5.75 Å². The maximum Gasteiger partial charge on any atom is 0.263 e. The zero-order chi connectivity index (χ0) is 16.7. The number of amides is 2. The molecule has 24 heavy (non-hydrogen) atoms. The van der Waals surface area contributed by atoms with Crippen molar-refractivity contribution in [2.75, 3.05) is 26.2 Å². The van der Waals surface area contributed by atoms with Gasteiger partial charge in [-0.3, -0.25) is 9.59 Å². The van der Waals surface area contributed by atoms with Crippen LogP contribution in [-0.2, 0) is 9.59 Å². The molecule has 2 atom stereocenters. The van der Waals surface area contributed by atoms with E-state index >= 15 is 0 Å². The molecule has 2 unspecified atom stereocenters. The second-order valence-corrected chi connectivity index (χ2v) is 5.78. The van der Waals surface area contributed by atoms with Gasteiger partial charge in [-0.25, -0.2) is 0 Å². The molecule has 1 aliphatic heterocycles. The highest BCUT2D eigenvalue weighted by molar-refractivity contribution is 5.85. The van der Waals surface area contributed by atoms with Crippen molar-refractivity contribution in [3.63, 3.8) is 0 Å². The number of para-hydroxylation sites is 1. The van der Waals surface area contributed by atoms with Crippen LogP contribution >= 0.6 is 12.4 Å². The number of carbonyl (C=O) groups is 2. The lowest BCUT2D eigenvalue weighted by atomic mass is 9.96. The van der Waals surface area contributed by atoms with E-state index in [0.29, 0.717) is 31.9 Å². The van der Waals surface area contributed by atoms with Crippen molar-refractivity contribution in [1.82, 2.24) is 10.2 Å². The number of hydrogen-bond acceptors (Lipinski definition) is 4. The fourth-order valence-electron chi connectivity index (χ4n) is 2.74. The first-order valence-electron chi connectivity index (χ1n) is 8.10. The van der Waals surface area contributed by atoms with Crippen molar-refractivity contribution in [3.05, 3.63) is 30.3 Å². The van der Waals surface area contributed by atoms with Crippen LogP contribution in [0, 0.1) is 5.92 Å². The molecule has 0 aliphatic carbocycles. The summed E-state index contributed by atoms with van der Waals surface area (Å²) >= 11 is 0. The molecule has 3 N–H and O–H groups in total. The second kappa shape index (κ2) is 10.2. The molecular weight excluding hydrogens is 330 g/mol. The van der Waals surface area contributed by atoms with E-state index < -0.39 is 6.10 Å². The predicted molar refractivity (Wildman–Crippen MR) is 95.1 cm³/mol. The lowest BCUT2D eigenvalue weighted by Gasteiger charge is -2.33. The maximum atomic E-state index is 12.5. The summed E-state index contributed by atoms with van der Waals surface area (Å²) in [5, 5.41) is 2.80. The van der Waals surface area contributed by atoms with E-state index in [4.69, 9.17) is 10.5 Å². The van der Waals surface area contributed by atoms with Crippen LogP contribution in [0.3, 0.4) is 0 Å². The summed E-state index contributed by atoms with van der Waals surface area (Å²) in [6, 6.07) is 9.27. The van der Waals surface area contributed by atoms with Gasteiger partial charge >= 0.3 is 0 Å². The summed E-state index contributed by atoms with van der Waals surface area (Å²) in [4.78, 5) is 26.3. The van der Waals surface area contributed by atoms with Crippen LogP contribution in [0.25, 0.3) is 0 Å². The maximum absolute atomic E-state index is 12.5. The number of nitrogens with one attached hydrogen (secondary N) is 1. The van der Waals surface area contributed by atoms with Crippen molar-refractivity contribution in [1.29, 1.82) is 0 Å². The smallest absolute Gasteiger partial charge is 0.263 e. The Morgan fingerprint density at radius 1 is 1.38 bits per heavy atom. The molecule has 1 aliphatic rings. The van der Waals surface area contributed by atoms with E-state index in [2.05, 4.69) is 5.32 Å². The van der Waals surface area contributed by atoms with Gasteiger partial charge < -0.3 is 20.7 Å². The number of nitrogens with zero attached hydrogens (tertiary/aromatic N) is 1. The second-order valence-electron chi connectivity index (χ2n) is 5.78.